The Balaban J connectivity index is 1.55. The number of rotatable bonds is 0. The molecule has 0 aromatic heterocycles. The Morgan fingerprint density at radius 3 is 2.97 bits per heavy atom. The molecule has 1 aromatic carbocycles. The molecule has 6 fully saturated rings. The van der Waals surface area contributed by atoms with E-state index in [2.05, 4.69) is 4.90 Å². The Hall–Kier alpha value is -2.32. The molecule has 31 heavy (non-hydrogen) atoms. The zero-order valence-corrected chi connectivity index (χ0v) is 17.3. The van der Waals surface area contributed by atoms with Gasteiger partial charge in [-0.25, -0.2) is 4.79 Å². The summed E-state index contributed by atoms with van der Waals surface area (Å²) < 4.78 is 16.8. The lowest BCUT2D eigenvalue weighted by Gasteiger charge is -2.69. The minimum absolute atomic E-state index is 0.0827. The quantitative estimate of drug-likeness (QED) is 0.676. The molecule has 1 amide bonds. The molecule has 162 valence electrons. The third-order valence-corrected chi connectivity index (χ3v) is 10.1. The van der Waals surface area contributed by atoms with Crippen LogP contribution in [0.3, 0.4) is 0 Å². The molecule has 4 bridgehead atoms. The molecule has 0 radical (unpaired) electrons. The van der Waals surface area contributed by atoms with Crippen LogP contribution in [0.25, 0.3) is 0 Å². The van der Waals surface area contributed by atoms with Gasteiger partial charge >= 0.3 is 6.09 Å². The van der Waals surface area contributed by atoms with E-state index in [4.69, 9.17) is 14.2 Å². The smallest absolute Gasteiger partial charge is 0.414 e. The number of anilines is 1. The summed E-state index contributed by atoms with van der Waals surface area (Å²) in [5.41, 5.74) is -1.76. The predicted octanol–water partition coefficient (Wildman–Crippen LogP) is 1.57. The number of Topliss-reactive ketones (excluding diaryl/α,β-unsaturated/α-hetero) is 1. The first-order valence-electron chi connectivity index (χ1n) is 11.3. The van der Waals surface area contributed by atoms with Gasteiger partial charge in [-0.15, -0.1) is 0 Å². The zero-order valence-electron chi connectivity index (χ0n) is 17.3. The molecule has 4 heterocycles. The van der Waals surface area contributed by atoms with Gasteiger partial charge in [-0.1, -0.05) is 6.07 Å². The Morgan fingerprint density at radius 1 is 1.26 bits per heavy atom. The fraction of sp³-hybridized carbons (Fsp3) is 0.652. The van der Waals surface area contributed by atoms with Crippen molar-refractivity contribution < 1.29 is 28.9 Å². The van der Waals surface area contributed by atoms with E-state index in [1.165, 1.54) is 7.11 Å². The summed E-state index contributed by atoms with van der Waals surface area (Å²) in [6.07, 6.45) is 3.49. The van der Waals surface area contributed by atoms with Crippen LogP contribution in [-0.2, 0) is 14.9 Å². The lowest BCUT2D eigenvalue weighted by Crippen LogP contribution is -2.82. The van der Waals surface area contributed by atoms with Gasteiger partial charge in [0, 0.05) is 18.5 Å². The minimum Gasteiger partial charge on any atom is -0.454 e. The van der Waals surface area contributed by atoms with Gasteiger partial charge in [-0.2, -0.15) is 0 Å². The molecule has 9 rings (SSSR count). The lowest BCUT2D eigenvalue weighted by atomic mass is 9.40. The van der Waals surface area contributed by atoms with Crippen LogP contribution in [0, 0.1) is 11.3 Å². The van der Waals surface area contributed by atoms with Crippen LogP contribution in [-0.4, -0.2) is 66.1 Å². The number of carbonyl (C=O) groups is 2. The number of aliphatic hydroxyl groups is 1. The van der Waals surface area contributed by atoms with Crippen molar-refractivity contribution in [1.82, 2.24) is 4.90 Å². The first-order valence-corrected chi connectivity index (χ1v) is 11.3. The molecular formula is C23H24N2O6. The van der Waals surface area contributed by atoms with Gasteiger partial charge in [0.1, 0.15) is 5.60 Å². The maximum atomic E-state index is 14.0. The molecule has 4 saturated carbocycles. The van der Waals surface area contributed by atoms with E-state index < -0.39 is 22.6 Å². The van der Waals surface area contributed by atoms with Crippen LogP contribution in [0.4, 0.5) is 10.5 Å². The highest BCUT2D eigenvalue weighted by atomic mass is 16.7. The molecule has 1 aromatic rings. The van der Waals surface area contributed by atoms with Crippen LogP contribution < -0.4 is 14.4 Å². The number of fused-ring (bicyclic) bond motifs is 4. The van der Waals surface area contributed by atoms with E-state index in [1.807, 2.05) is 12.1 Å². The fourth-order valence-electron chi connectivity index (χ4n) is 9.67. The average Bonchev–Trinajstić information content (AvgIpc) is 3.47. The number of amides is 1. The number of nitrogens with zero attached hydrogens (tertiary/aromatic N) is 2. The first kappa shape index (κ1) is 17.3. The van der Waals surface area contributed by atoms with E-state index in [-0.39, 0.29) is 30.0 Å². The summed E-state index contributed by atoms with van der Waals surface area (Å²) in [4.78, 5) is 31.5. The van der Waals surface area contributed by atoms with Crippen molar-refractivity contribution >= 4 is 17.6 Å². The Kier molecular flexibility index (Phi) is 2.62. The van der Waals surface area contributed by atoms with Crippen molar-refractivity contribution in [1.29, 1.82) is 0 Å². The van der Waals surface area contributed by atoms with Crippen molar-refractivity contribution in [3.63, 3.8) is 0 Å². The van der Waals surface area contributed by atoms with Crippen LogP contribution in [0.2, 0.25) is 0 Å². The SMILES string of the molecule is COC(=O)N1c2c(ccc3c2OCO3)[C@@]23[C@@H]4CN5CCC[C@]6(CC[C@]12[C@@](O)(C6)C4=O)[C@H]53. The van der Waals surface area contributed by atoms with Crippen molar-refractivity contribution in [3.05, 3.63) is 17.7 Å². The molecule has 3 spiro atoms. The van der Waals surface area contributed by atoms with Gasteiger partial charge in [0.15, 0.2) is 17.3 Å². The molecular weight excluding hydrogens is 400 g/mol. The number of benzene rings is 1. The minimum atomic E-state index is -1.57. The summed E-state index contributed by atoms with van der Waals surface area (Å²) in [5.74, 6) is 0.703. The highest BCUT2D eigenvalue weighted by Gasteiger charge is 2.93. The molecule has 2 saturated heterocycles. The number of hydrogen-bond donors (Lipinski definition) is 1. The number of ketones is 1. The van der Waals surface area contributed by atoms with Crippen LogP contribution in [0.1, 0.15) is 37.7 Å². The summed E-state index contributed by atoms with van der Waals surface area (Å²) in [7, 11) is 1.36. The summed E-state index contributed by atoms with van der Waals surface area (Å²) in [6.45, 7) is 1.70. The lowest BCUT2D eigenvalue weighted by molar-refractivity contribution is -0.194. The molecule has 8 nitrogen and oxygen atoms in total. The summed E-state index contributed by atoms with van der Waals surface area (Å²) in [6, 6.07) is 4.05. The number of carbonyl (C=O) groups excluding carboxylic acids is 2. The van der Waals surface area contributed by atoms with Crippen molar-refractivity contribution in [3.8, 4) is 11.5 Å². The van der Waals surface area contributed by atoms with Crippen LogP contribution >= 0.6 is 0 Å². The standard InChI is InChI=1S/C23H24N2O6/c1-29-19(27)25-15-12(3-4-14-16(15)31-11-30-14)23-13-9-24-8-2-5-20(18(23)24)6-7-22(23,25)21(28,10-20)17(13)26/h3-4,13,18,28H,2,5-11H2,1H3/t13-,18+,20-,21-,22-,23+/m1/s1. The van der Waals surface area contributed by atoms with Gasteiger partial charge in [0.05, 0.1) is 23.8 Å². The van der Waals surface area contributed by atoms with Crippen molar-refractivity contribution in [2.75, 3.05) is 31.9 Å². The molecule has 6 atom stereocenters. The third-order valence-electron chi connectivity index (χ3n) is 10.1. The molecule has 0 unspecified atom stereocenters. The number of ether oxygens (including phenoxy) is 3. The molecule has 8 aliphatic rings. The Bertz CT molecular complexity index is 1120. The second-order valence-corrected chi connectivity index (χ2v) is 10.5. The van der Waals surface area contributed by atoms with Crippen LogP contribution in [0.5, 0.6) is 11.5 Å². The number of piperidine rings is 1. The first-order chi connectivity index (χ1) is 15.0. The van der Waals surface area contributed by atoms with Crippen molar-refractivity contribution in [2.24, 2.45) is 11.3 Å². The van der Waals surface area contributed by atoms with Gasteiger partial charge in [-0.3, -0.25) is 14.6 Å². The highest BCUT2D eigenvalue weighted by Crippen LogP contribution is 2.82. The normalized spacial score (nSPS) is 47.0. The second-order valence-electron chi connectivity index (χ2n) is 10.5. The zero-order chi connectivity index (χ0) is 21.0. The number of methoxy groups -OCH3 is 1. The molecule has 1 N–H and O–H groups in total. The predicted molar refractivity (Wildman–Crippen MR) is 106 cm³/mol. The highest BCUT2D eigenvalue weighted by molar-refractivity contribution is 6.08. The van der Waals surface area contributed by atoms with Gasteiger partial charge in [0.2, 0.25) is 6.79 Å². The van der Waals surface area contributed by atoms with Gasteiger partial charge in [0.25, 0.3) is 0 Å². The van der Waals surface area contributed by atoms with E-state index in [0.717, 1.165) is 31.4 Å². The van der Waals surface area contributed by atoms with Crippen LogP contribution in [0.15, 0.2) is 12.1 Å². The van der Waals surface area contributed by atoms with E-state index in [9.17, 15) is 14.7 Å². The number of hydrogen-bond acceptors (Lipinski definition) is 7. The topological polar surface area (TPSA) is 88.5 Å². The van der Waals surface area contributed by atoms with E-state index in [0.29, 0.717) is 36.6 Å². The molecule has 4 aliphatic carbocycles. The second kappa shape index (κ2) is 4.71. The summed E-state index contributed by atoms with van der Waals surface area (Å²) >= 11 is 0. The monoisotopic (exact) mass is 424 g/mol. The molecule has 8 heteroatoms. The van der Waals surface area contributed by atoms with Gasteiger partial charge < -0.3 is 19.3 Å². The maximum Gasteiger partial charge on any atom is 0.414 e. The maximum absolute atomic E-state index is 14.0. The third kappa shape index (κ3) is 1.34. The Morgan fingerprint density at radius 2 is 2.13 bits per heavy atom. The van der Waals surface area contributed by atoms with Crippen molar-refractivity contribution in [2.45, 2.75) is 54.7 Å². The van der Waals surface area contributed by atoms with E-state index >= 15 is 0 Å². The average molecular weight is 424 g/mol. The van der Waals surface area contributed by atoms with E-state index in [1.54, 1.807) is 4.90 Å². The van der Waals surface area contributed by atoms with Gasteiger partial charge in [-0.05, 0) is 55.7 Å². The Labute approximate surface area is 179 Å². The summed E-state index contributed by atoms with van der Waals surface area (Å²) in [5, 5.41) is 12.3. The molecule has 4 aliphatic heterocycles. The largest absolute Gasteiger partial charge is 0.454 e. The fourth-order valence-corrected chi connectivity index (χ4v) is 9.67.